The SMILES string of the molecule is [2H]C([2H])=C([2H])c1ccc(B2OC(C)(C)C(C)(C)O2)nc1. The number of rotatable bonds is 2. The molecular weight excluding hydrogens is 213 g/mol. The van der Waals surface area contributed by atoms with Crippen molar-refractivity contribution in [3.8, 4) is 0 Å². The van der Waals surface area contributed by atoms with Crippen molar-refractivity contribution in [3.63, 3.8) is 0 Å². The molecule has 90 valence electrons. The van der Waals surface area contributed by atoms with Gasteiger partial charge in [0, 0.05) is 6.20 Å². The second-order valence-corrected chi connectivity index (χ2v) is 5.18. The van der Waals surface area contributed by atoms with E-state index in [4.69, 9.17) is 13.4 Å². The van der Waals surface area contributed by atoms with E-state index < -0.39 is 24.9 Å². The third-order valence-electron chi connectivity index (χ3n) is 3.43. The van der Waals surface area contributed by atoms with Crippen LogP contribution >= 0.6 is 0 Å². The first-order chi connectivity index (χ1) is 9.14. The van der Waals surface area contributed by atoms with Crippen molar-refractivity contribution in [1.82, 2.24) is 4.98 Å². The number of nitrogens with zero attached hydrogens (tertiary/aromatic N) is 1. The fraction of sp³-hybridized carbons (Fsp3) is 0.462. The summed E-state index contributed by atoms with van der Waals surface area (Å²) in [5.41, 5.74) is 0.212. The molecule has 1 aliphatic heterocycles. The van der Waals surface area contributed by atoms with E-state index in [1.54, 1.807) is 12.1 Å². The Morgan fingerprint density at radius 1 is 1.35 bits per heavy atom. The third kappa shape index (κ3) is 2.15. The molecule has 0 atom stereocenters. The summed E-state index contributed by atoms with van der Waals surface area (Å²) in [5, 5.41) is 0. The molecule has 0 amide bonds. The van der Waals surface area contributed by atoms with Gasteiger partial charge in [0.15, 0.2) is 0 Å². The molecule has 0 aromatic carbocycles. The largest absolute Gasteiger partial charge is 0.514 e. The lowest BCUT2D eigenvalue weighted by Crippen LogP contribution is -2.41. The maximum Gasteiger partial charge on any atom is 0.514 e. The zero-order chi connectivity index (χ0) is 15.1. The Hall–Kier alpha value is -1.13. The van der Waals surface area contributed by atoms with Gasteiger partial charge in [-0.1, -0.05) is 18.6 Å². The summed E-state index contributed by atoms with van der Waals surface area (Å²) >= 11 is 0. The molecule has 0 radical (unpaired) electrons. The summed E-state index contributed by atoms with van der Waals surface area (Å²) < 4.78 is 33.6. The number of hydrogen-bond donors (Lipinski definition) is 0. The lowest BCUT2D eigenvalue weighted by Gasteiger charge is -2.32. The first-order valence-corrected chi connectivity index (χ1v) is 5.60. The van der Waals surface area contributed by atoms with Crippen molar-refractivity contribution in [2.75, 3.05) is 0 Å². The van der Waals surface area contributed by atoms with E-state index in [9.17, 15) is 0 Å². The summed E-state index contributed by atoms with van der Waals surface area (Å²) in [7, 11) is -0.543. The van der Waals surface area contributed by atoms with Crippen molar-refractivity contribution in [2.24, 2.45) is 0 Å². The van der Waals surface area contributed by atoms with Crippen LogP contribution in [0.5, 0.6) is 0 Å². The summed E-state index contributed by atoms with van der Waals surface area (Å²) in [6, 6.07) is 3.20. The third-order valence-corrected chi connectivity index (χ3v) is 3.43. The van der Waals surface area contributed by atoms with Crippen LogP contribution in [0.2, 0.25) is 0 Å². The van der Waals surface area contributed by atoms with E-state index in [2.05, 4.69) is 4.98 Å². The number of hydrogen-bond acceptors (Lipinski definition) is 3. The molecule has 17 heavy (non-hydrogen) atoms. The lowest BCUT2D eigenvalue weighted by atomic mass is 9.84. The zero-order valence-electron chi connectivity index (χ0n) is 13.6. The van der Waals surface area contributed by atoms with Gasteiger partial charge in [-0.3, -0.25) is 4.98 Å². The van der Waals surface area contributed by atoms with Gasteiger partial charge in [-0.05, 0) is 39.3 Å². The fourth-order valence-corrected chi connectivity index (χ4v) is 1.58. The van der Waals surface area contributed by atoms with Gasteiger partial charge < -0.3 is 9.31 Å². The van der Waals surface area contributed by atoms with Gasteiger partial charge in [0.25, 0.3) is 0 Å². The molecule has 0 aliphatic carbocycles. The summed E-state index contributed by atoms with van der Waals surface area (Å²) in [4.78, 5) is 4.22. The van der Waals surface area contributed by atoms with Gasteiger partial charge in [-0.15, -0.1) is 0 Å². The highest BCUT2D eigenvalue weighted by Crippen LogP contribution is 2.36. The average molecular weight is 234 g/mol. The van der Waals surface area contributed by atoms with Crippen LogP contribution in [-0.4, -0.2) is 23.3 Å². The second kappa shape index (κ2) is 3.96. The second-order valence-electron chi connectivity index (χ2n) is 5.18. The van der Waals surface area contributed by atoms with Crippen molar-refractivity contribution in [3.05, 3.63) is 30.4 Å². The van der Waals surface area contributed by atoms with E-state index in [1.165, 1.54) is 6.20 Å². The van der Waals surface area contributed by atoms with Gasteiger partial charge in [0.1, 0.15) is 0 Å². The minimum absolute atomic E-state index is 0.155. The number of aromatic nitrogens is 1. The first kappa shape index (κ1) is 8.89. The monoisotopic (exact) mass is 234 g/mol. The Morgan fingerprint density at radius 2 is 2.00 bits per heavy atom. The maximum atomic E-state index is 7.58. The summed E-state index contributed by atoms with van der Waals surface area (Å²) in [6.07, 6.45) is 1.46. The Kier molecular flexibility index (Phi) is 2.07. The summed E-state index contributed by atoms with van der Waals surface area (Å²) in [5.74, 6) is 0. The van der Waals surface area contributed by atoms with E-state index in [0.29, 0.717) is 11.2 Å². The lowest BCUT2D eigenvalue weighted by molar-refractivity contribution is 0.00578. The quantitative estimate of drug-likeness (QED) is 0.733. The topological polar surface area (TPSA) is 31.4 Å². The minimum atomic E-state index is -0.543. The molecule has 1 saturated heterocycles. The van der Waals surface area contributed by atoms with Crippen LogP contribution in [0.3, 0.4) is 0 Å². The molecule has 2 rings (SSSR count). The molecule has 0 bridgehead atoms. The Balaban J connectivity index is 2.23. The zero-order valence-corrected chi connectivity index (χ0v) is 10.6. The standard InChI is InChI=1S/C13H18BNO2/c1-6-10-7-8-11(15-9-10)14-16-12(2,3)13(4,5)17-14/h6-9H,1H2,2-5H3/i1D2,6D. The van der Waals surface area contributed by atoms with E-state index in [-0.39, 0.29) is 6.05 Å². The molecule has 1 aromatic heterocycles. The van der Waals surface area contributed by atoms with E-state index in [1.807, 2.05) is 27.7 Å². The van der Waals surface area contributed by atoms with Crippen molar-refractivity contribution >= 4 is 18.8 Å². The molecule has 0 saturated carbocycles. The summed E-state index contributed by atoms with van der Waals surface area (Å²) in [6.45, 7) is 7.35. The Morgan fingerprint density at radius 3 is 2.47 bits per heavy atom. The van der Waals surface area contributed by atoms with Gasteiger partial charge in [0.2, 0.25) is 0 Å². The molecular formula is C13H18BNO2. The van der Waals surface area contributed by atoms with Crippen molar-refractivity contribution in [1.29, 1.82) is 0 Å². The highest BCUT2D eigenvalue weighted by Gasteiger charge is 2.52. The molecule has 1 fully saturated rings. The van der Waals surface area contributed by atoms with Crippen LogP contribution in [0.15, 0.2) is 24.9 Å². The molecule has 0 spiro atoms. The minimum Gasteiger partial charge on any atom is -0.398 e. The average Bonchev–Trinajstić information content (AvgIpc) is 2.57. The molecule has 4 heteroatoms. The van der Waals surface area contributed by atoms with E-state index in [0.717, 1.165) is 0 Å². The fourth-order valence-electron chi connectivity index (χ4n) is 1.58. The smallest absolute Gasteiger partial charge is 0.398 e. The molecule has 0 N–H and O–H groups in total. The predicted molar refractivity (Wildman–Crippen MR) is 70.0 cm³/mol. The molecule has 1 aliphatic rings. The van der Waals surface area contributed by atoms with Crippen LogP contribution in [0.1, 0.15) is 37.4 Å². The van der Waals surface area contributed by atoms with Gasteiger partial charge in [-0.2, -0.15) is 0 Å². The van der Waals surface area contributed by atoms with Crippen LogP contribution in [0, 0.1) is 0 Å². The number of pyridine rings is 1. The molecule has 0 unspecified atom stereocenters. The highest BCUT2D eigenvalue weighted by atomic mass is 16.7. The van der Waals surface area contributed by atoms with Gasteiger partial charge >= 0.3 is 7.12 Å². The van der Waals surface area contributed by atoms with Gasteiger partial charge in [0.05, 0.1) is 20.9 Å². The van der Waals surface area contributed by atoms with Crippen LogP contribution < -0.4 is 5.59 Å². The Labute approximate surface area is 107 Å². The predicted octanol–water partition coefficient (Wildman–Crippen LogP) is 2.02. The molecule has 3 nitrogen and oxygen atoms in total. The normalized spacial score (nSPS) is 23.8. The Bertz CT molecular complexity index is 523. The van der Waals surface area contributed by atoms with Crippen LogP contribution in [0.25, 0.3) is 6.05 Å². The molecule has 1 aromatic rings. The van der Waals surface area contributed by atoms with Gasteiger partial charge in [-0.25, -0.2) is 0 Å². The molecule has 2 heterocycles. The van der Waals surface area contributed by atoms with Crippen molar-refractivity contribution < 1.29 is 13.4 Å². The van der Waals surface area contributed by atoms with E-state index >= 15 is 0 Å². The van der Waals surface area contributed by atoms with Crippen LogP contribution in [-0.2, 0) is 9.31 Å². The highest BCUT2D eigenvalue weighted by molar-refractivity contribution is 6.61. The first-order valence-electron chi connectivity index (χ1n) is 7.10. The van der Waals surface area contributed by atoms with Crippen molar-refractivity contribution in [2.45, 2.75) is 38.9 Å². The van der Waals surface area contributed by atoms with Crippen LogP contribution in [0.4, 0.5) is 0 Å². The maximum absolute atomic E-state index is 7.58.